The summed E-state index contributed by atoms with van der Waals surface area (Å²) in [5, 5.41) is 1.33. The largest absolute Gasteiger partial charge is 0.417 e. The van der Waals surface area contributed by atoms with Gasteiger partial charge in [0.2, 0.25) is 0 Å². The van der Waals surface area contributed by atoms with Gasteiger partial charge >= 0.3 is 6.18 Å². The molecule has 3 heterocycles. The van der Waals surface area contributed by atoms with Crippen molar-refractivity contribution in [1.82, 2.24) is 15.4 Å². The second kappa shape index (κ2) is 5.20. The molecule has 22 heavy (non-hydrogen) atoms. The smallest absolute Gasteiger partial charge is 0.365 e. The lowest BCUT2D eigenvalue weighted by atomic mass is 9.74. The number of likely N-dealkylation sites (N-methyl/N-ethyl adjacent to an activating group) is 1. The molecule has 0 aromatic carbocycles. The maximum absolute atomic E-state index is 12.4. The monoisotopic (exact) mass is 315 g/mol. The van der Waals surface area contributed by atoms with Crippen molar-refractivity contribution in [2.45, 2.75) is 31.2 Å². The molecule has 4 rings (SSSR count). The number of hydrogen-bond donors (Lipinski definition) is 1. The number of hydrogen-bond acceptors (Lipinski definition) is 4. The number of rotatable bonds is 4. The number of hydrazine groups is 1. The molecule has 0 unspecified atom stereocenters. The second-order valence-corrected chi connectivity index (χ2v) is 5.81. The third-order valence-corrected chi connectivity index (χ3v) is 4.18. The van der Waals surface area contributed by atoms with Crippen LogP contribution in [0.1, 0.15) is 24.1 Å². The summed E-state index contributed by atoms with van der Waals surface area (Å²) in [7, 11) is 1.58. The van der Waals surface area contributed by atoms with Gasteiger partial charge in [0, 0.05) is 13.2 Å². The molecule has 1 aromatic rings. The standard InChI is InChI=1S/C14H16F3N3O2/c1-20(12(21)13-4-9(5-13)8-22-13)19-7-11-3-2-10(6-18-11)14(15,16)17/h2-3,6,9,19H,4-5,7-8H2,1H3. The first-order valence-corrected chi connectivity index (χ1v) is 6.98. The lowest BCUT2D eigenvalue weighted by molar-refractivity contribution is -0.156. The van der Waals surface area contributed by atoms with Crippen molar-refractivity contribution in [2.75, 3.05) is 13.7 Å². The fraction of sp³-hybridized carbons (Fsp3) is 0.571. The van der Waals surface area contributed by atoms with Gasteiger partial charge in [0.25, 0.3) is 5.91 Å². The van der Waals surface area contributed by atoms with Crippen molar-refractivity contribution in [3.8, 4) is 0 Å². The van der Waals surface area contributed by atoms with E-state index in [4.69, 9.17) is 4.74 Å². The quantitative estimate of drug-likeness (QED) is 0.860. The summed E-state index contributed by atoms with van der Waals surface area (Å²) in [4.78, 5) is 16.0. The van der Waals surface area contributed by atoms with Gasteiger partial charge in [-0.15, -0.1) is 0 Å². The molecule has 120 valence electrons. The molecule has 1 amide bonds. The Morgan fingerprint density at radius 3 is 2.73 bits per heavy atom. The highest BCUT2D eigenvalue weighted by molar-refractivity contribution is 5.86. The van der Waals surface area contributed by atoms with Gasteiger partial charge in [-0.3, -0.25) is 14.8 Å². The molecule has 1 saturated carbocycles. The van der Waals surface area contributed by atoms with Crippen molar-refractivity contribution in [2.24, 2.45) is 5.92 Å². The number of nitrogens with zero attached hydrogens (tertiary/aromatic N) is 2. The van der Waals surface area contributed by atoms with E-state index in [2.05, 4.69) is 10.4 Å². The molecular weight excluding hydrogens is 299 g/mol. The number of carbonyl (C=O) groups excluding carboxylic acids is 1. The highest BCUT2D eigenvalue weighted by Gasteiger charge is 2.58. The fourth-order valence-electron chi connectivity index (χ4n) is 2.90. The third-order valence-electron chi connectivity index (χ3n) is 4.18. The number of aromatic nitrogens is 1. The van der Waals surface area contributed by atoms with E-state index >= 15 is 0 Å². The molecule has 2 bridgehead atoms. The molecule has 3 aliphatic rings. The highest BCUT2D eigenvalue weighted by atomic mass is 19.4. The first kappa shape index (κ1) is 15.2. The minimum atomic E-state index is -4.40. The Bertz CT molecular complexity index is 562. The minimum absolute atomic E-state index is 0.145. The Labute approximate surface area is 125 Å². The normalized spacial score (nSPS) is 26.6. The Kier molecular flexibility index (Phi) is 3.60. The van der Waals surface area contributed by atoms with Crippen molar-refractivity contribution in [3.05, 3.63) is 29.6 Å². The zero-order chi connectivity index (χ0) is 16.0. The minimum Gasteiger partial charge on any atom is -0.365 e. The molecule has 1 N–H and O–H groups in total. The third kappa shape index (κ3) is 2.68. The maximum atomic E-state index is 12.4. The topological polar surface area (TPSA) is 54.5 Å². The van der Waals surface area contributed by atoms with Gasteiger partial charge in [0.05, 0.1) is 24.4 Å². The molecule has 0 atom stereocenters. The van der Waals surface area contributed by atoms with E-state index in [0.29, 0.717) is 18.2 Å². The van der Waals surface area contributed by atoms with Gasteiger partial charge in [0.15, 0.2) is 0 Å². The fourth-order valence-corrected chi connectivity index (χ4v) is 2.90. The molecule has 0 radical (unpaired) electrons. The van der Waals surface area contributed by atoms with E-state index in [1.165, 1.54) is 11.1 Å². The predicted octanol–water partition coefficient (Wildman–Crippen LogP) is 1.74. The molecule has 3 fully saturated rings. The first-order valence-electron chi connectivity index (χ1n) is 6.98. The number of pyridine rings is 1. The lowest BCUT2D eigenvalue weighted by Crippen LogP contribution is -2.55. The average Bonchev–Trinajstić information content (AvgIpc) is 3.04. The molecule has 2 saturated heterocycles. The average molecular weight is 315 g/mol. The number of amides is 1. The molecule has 1 aromatic heterocycles. The second-order valence-electron chi connectivity index (χ2n) is 5.81. The summed E-state index contributed by atoms with van der Waals surface area (Å²) >= 11 is 0. The Morgan fingerprint density at radius 2 is 2.23 bits per heavy atom. The van der Waals surface area contributed by atoms with Crippen LogP contribution < -0.4 is 5.43 Å². The maximum Gasteiger partial charge on any atom is 0.417 e. The van der Waals surface area contributed by atoms with Gasteiger partial charge in [-0.2, -0.15) is 13.2 Å². The molecule has 8 heteroatoms. The number of carbonyl (C=O) groups is 1. The van der Waals surface area contributed by atoms with Gasteiger partial charge in [-0.1, -0.05) is 0 Å². The van der Waals surface area contributed by atoms with Crippen LogP contribution in [0.15, 0.2) is 18.3 Å². The SMILES string of the molecule is CN(NCc1ccc(C(F)(F)F)cn1)C(=O)C12CC(CO1)C2. The van der Waals surface area contributed by atoms with Crippen LogP contribution in [0.5, 0.6) is 0 Å². The molecule has 0 spiro atoms. The van der Waals surface area contributed by atoms with Gasteiger partial charge in [-0.25, -0.2) is 5.43 Å². The van der Waals surface area contributed by atoms with Crippen LogP contribution in [-0.2, 0) is 22.3 Å². The highest BCUT2D eigenvalue weighted by Crippen LogP contribution is 2.49. The van der Waals surface area contributed by atoms with Crippen LogP contribution in [0, 0.1) is 5.92 Å². The van der Waals surface area contributed by atoms with E-state index in [1.54, 1.807) is 7.05 Å². The molecule has 5 nitrogen and oxygen atoms in total. The van der Waals surface area contributed by atoms with E-state index in [9.17, 15) is 18.0 Å². The summed E-state index contributed by atoms with van der Waals surface area (Å²) in [6.45, 7) is 0.792. The number of alkyl halides is 3. The van der Waals surface area contributed by atoms with E-state index in [-0.39, 0.29) is 12.5 Å². The van der Waals surface area contributed by atoms with Crippen LogP contribution in [0.2, 0.25) is 0 Å². The zero-order valence-electron chi connectivity index (χ0n) is 12.0. The van der Waals surface area contributed by atoms with Gasteiger partial charge < -0.3 is 4.74 Å². The summed E-state index contributed by atoms with van der Waals surface area (Å²) in [6.07, 6.45) is -2.12. The van der Waals surface area contributed by atoms with Crippen LogP contribution in [0.25, 0.3) is 0 Å². The Morgan fingerprint density at radius 1 is 1.50 bits per heavy atom. The Hall–Kier alpha value is -1.67. The molecule has 2 aliphatic heterocycles. The van der Waals surface area contributed by atoms with Crippen molar-refractivity contribution in [1.29, 1.82) is 0 Å². The van der Waals surface area contributed by atoms with Crippen molar-refractivity contribution < 1.29 is 22.7 Å². The summed E-state index contributed by atoms with van der Waals surface area (Å²) in [5.74, 6) is 0.335. The van der Waals surface area contributed by atoms with E-state index in [0.717, 1.165) is 25.1 Å². The lowest BCUT2D eigenvalue weighted by Gasteiger charge is -2.37. The van der Waals surface area contributed by atoms with Crippen LogP contribution in [0.4, 0.5) is 13.2 Å². The number of halogens is 3. The van der Waals surface area contributed by atoms with E-state index in [1.807, 2.05) is 0 Å². The Balaban J connectivity index is 1.55. The van der Waals surface area contributed by atoms with Gasteiger partial charge in [-0.05, 0) is 30.9 Å². The van der Waals surface area contributed by atoms with Crippen molar-refractivity contribution in [3.63, 3.8) is 0 Å². The summed E-state index contributed by atoms with van der Waals surface area (Å²) in [5.41, 5.74) is 1.78. The number of ether oxygens (including phenoxy) is 1. The van der Waals surface area contributed by atoms with Crippen LogP contribution in [0.3, 0.4) is 0 Å². The van der Waals surface area contributed by atoms with Crippen LogP contribution in [-0.4, -0.2) is 35.2 Å². The van der Waals surface area contributed by atoms with Crippen molar-refractivity contribution >= 4 is 5.91 Å². The number of nitrogens with one attached hydrogen (secondary N) is 1. The van der Waals surface area contributed by atoms with Gasteiger partial charge in [0.1, 0.15) is 5.60 Å². The first-order chi connectivity index (χ1) is 10.3. The van der Waals surface area contributed by atoms with E-state index < -0.39 is 17.3 Å². The predicted molar refractivity (Wildman–Crippen MR) is 70.3 cm³/mol. The summed E-state index contributed by atoms with van der Waals surface area (Å²) < 4.78 is 42.8. The summed E-state index contributed by atoms with van der Waals surface area (Å²) in [6, 6.07) is 2.26. The zero-order valence-corrected chi connectivity index (χ0v) is 12.0. The molecule has 1 aliphatic carbocycles. The molecular formula is C14H16F3N3O2. The number of fused-ring (bicyclic) bond motifs is 1. The van der Waals surface area contributed by atoms with Crippen LogP contribution >= 0.6 is 0 Å².